The van der Waals surface area contributed by atoms with Crippen molar-refractivity contribution in [1.82, 2.24) is 9.88 Å². The number of halogens is 1. The Balaban J connectivity index is 1.68. The Morgan fingerprint density at radius 2 is 2.09 bits per heavy atom. The van der Waals surface area contributed by atoms with Gasteiger partial charge in [-0.1, -0.05) is 11.6 Å². The molecule has 0 amide bonds. The summed E-state index contributed by atoms with van der Waals surface area (Å²) >= 11 is 6.32. The number of ether oxygens (including phenoxy) is 2. The van der Waals surface area contributed by atoms with Crippen molar-refractivity contribution in [1.29, 1.82) is 0 Å². The van der Waals surface area contributed by atoms with Crippen molar-refractivity contribution in [3.63, 3.8) is 0 Å². The molecule has 1 aromatic carbocycles. The number of methoxy groups -OCH3 is 1. The van der Waals surface area contributed by atoms with Gasteiger partial charge in [0.15, 0.2) is 0 Å². The van der Waals surface area contributed by atoms with Gasteiger partial charge in [-0.05, 0) is 49.2 Å². The minimum Gasteiger partial charge on any atom is -0.497 e. The predicted molar refractivity (Wildman–Crippen MR) is 88.9 cm³/mol. The lowest BCUT2D eigenvalue weighted by Gasteiger charge is -2.26. The second kappa shape index (κ2) is 7.27. The number of benzene rings is 1. The van der Waals surface area contributed by atoms with Crippen LogP contribution < -0.4 is 4.74 Å². The third-order valence-corrected chi connectivity index (χ3v) is 4.40. The Bertz CT molecular complexity index is 642. The lowest BCUT2D eigenvalue weighted by molar-refractivity contribution is 0.0374. The largest absolute Gasteiger partial charge is 0.497 e. The van der Waals surface area contributed by atoms with E-state index in [-0.39, 0.29) is 0 Å². The van der Waals surface area contributed by atoms with Crippen LogP contribution in [0.5, 0.6) is 5.75 Å². The van der Waals surface area contributed by atoms with E-state index >= 15 is 0 Å². The molecular weight excluding hydrogens is 300 g/mol. The summed E-state index contributed by atoms with van der Waals surface area (Å²) in [6.45, 7) is 4.83. The van der Waals surface area contributed by atoms with E-state index in [4.69, 9.17) is 21.1 Å². The SMILES string of the molecule is COc1ccc2nc(Cl)c(CCCN3CCOCC3)cc2c1. The number of nitrogens with zero attached hydrogens (tertiary/aromatic N) is 2. The zero-order valence-corrected chi connectivity index (χ0v) is 13.6. The fourth-order valence-corrected chi connectivity index (χ4v) is 3.04. The molecule has 1 aromatic heterocycles. The third kappa shape index (κ3) is 3.69. The molecular formula is C17H21ClN2O2. The molecule has 0 spiro atoms. The number of hydrogen-bond acceptors (Lipinski definition) is 4. The maximum Gasteiger partial charge on any atom is 0.132 e. The number of aryl methyl sites for hydroxylation is 1. The Morgan fingerprint density at radius 1 is 1.27 bits per heavy atom. The van der Waals surface area contributed by atoms with E-state index in [9.17, 15) is 0 Å². The first kappa shape index (κ1) is 15.5. The first-order chi connectivity index (χ1) is 10.8. The molecule has 5 heteroatoms. The Hall–Kier alpha value is -1.36. The van der Waals surface area contributed by atoms with Gasteiger partial charge in [0.1, 0.15) is 10.9 Å². The van der Waals surface area contributed by atoms with Crippen LogP contribution >= 0.6 is 11.6 Å². The lowest BCUT2D eigenvalue weighted by Crippen LogP contribution is -2.36. The molecule has 0 bridgehead atoms. The minimum absolute atomic E-state index is 0.611. The second-order valence-corrected chi connectivity index (χ2v) is 5.91. The van der Waals surface area contributed by atoms with Crippen LogP contribution in [-0.4, -0.2) is 49.8 Å². The molecule has 0 unspecified atom stereocenters. The molecule has 1 fully saturated rings. The van der Waals surface area contributed by atoms with Crippen LogP contribution in [0.3, 0.4) is 0 Å². The summed E-state index contributed by atoms with van der Waals surface area (Å²) in [5, 5.41) is 1.68. The Labute approximate surface area is 136 Å². The fourth-order valence-electron chi connectivity index (χ4n) is 2.80. The van der Waals surface area contributed by atoms with Gasteiger partial charge >= 0.3 is 0 Å². The van der Waals surface area contributed by atoms with Crippen molar-refractivity contribution < 1.29 is 9.47 Å². The average molecular weight is 321 g/mol. The maximum absolute atomic E-state index is 6.32. The van der Waals surface area contributed by atoms with Crippen LogP contribution in [-0.2, 0) is 11.2 Å². The van der Waals surface area contributed by atoms with Crippen molar-refractivity contribution >= 4 is 22.5 Å². The van der Waals surface area contributed by atoms with Crippen LogP contribution in [0.4, 0.5) is 0 Å². The van der Waals surface area contributed by atoms with Gasteiger partial charge in [-0.3, -0.25) is 4.90 Å². The normalized spacial score (nSPS) is 16.1. The number of hydrogen-bond donors (Lipinski definition) is 0. The fraction of sp³-hybridized carbons (Fsp3) is 0.471. The highest BCUT2D eigenvalue weighted by Crippen LogP contribution is 2.25. The monoisotopic (exact) mass is 320 g/mol. The molecule has 0 N–H and O–H groups in total. The van der Waals surface area contributed by atoms with Crippen molar-refractivity contribution in [2.24, 2.45) is 0 Å². The number of aromatic nitrogens is 1. The highest BCUT2D eigenvalue weighted by atomic mass is 35.5. The maximum atomic E-state index is 6.32. The molecule has 2 aromatic rings. The second-order valence-electron chi connectivity index (χ2n) is 5.55. The van der Waals surface area contributed by atoms with Crippen LogP contribution in [0, 0.1) is 0 Å². The van der Waals surface area contributed by atoms with Gasteiger partial charge in [-0.2, -0.15) is 0 Å². The van der Waals surface area contributed by atoms with Crippen molar-refractivity contribution in [3.05, 3.63) is 35.0 Å². The standard InChI is InChI=1S/C17H21ClN2O2/c1-21-15-4-5-16-14(12-15)11-13(17(18)19-16)3-2-6-20-7-9-22-10-8-20/h4-5,11-12H,2-3,6-10H2,1H3. The number of pyridine rings is 1. The van der Waals surface area contributed by atoms with Crippen molar-refractivity contribution in [2.75, 3.05) is 40.0 Å². The quantitative estimate of drug-likeness (QED) is 0.793. The van der Waals surface area contributed by atoms with E-state index in [1.165, 1.54) is 0 Å². The van der Waals surface area contributed by atoms with Crippen molar-refractivity contribution in [2.45, 2.75) is 12.8 Å². The predicted octanol–water partition coefficient (Wildman–Crippen LogP) is 3.16. The molecule has 1 aliphatic rings. The van der Waals surface area contributed by atoms with Gasteiger partial charge in [0, 0.05) is 18.5 Å². The van der Waals surface area contributed by atoms with Crippen LogP contribution in [0.25, 0.3) is 10.9 Å². The molecule has 2 heterocycles. The molecule has 0 aliphatic carbocycles. The first-order valence-electron chi connectivity index (χ1n) is 7.69. The summed E-state index contributed by atoms with van der Waals surface area (Å²) in [7, 11) is 1.67. The molecule has 3 rings (SSSR count). The van der Waals surface area contributed by atoms with Crippen LogP contribution in [0.1, 0.15) is 12.0 Å². The summed E-state index contributed by atoms with van der Waals surface area (Å²) < 4.78 is 10.6. The lowest BCUT2D eigenvalue weighted by atomic mass is 10.1. The van der Waals surface area contributed by atoms with E-state index in [1.807, 2.05) is 18.2 Å². The van der Waals surface area contributed by atoms with Crippen LogP contribution in [0.15, 0.2) is 24.3 Å². The van der Waals surface area contributed by atoms with E-state index in [0.29, 0.717) is 5.15 Å². The molecule has 4 nitrogen and oxygen atoms in total. The van der Waals surface area contributed by atoms with Gasteiger partial charge in [0.05, 0.1) is 25.8 Å². The van der Waals surface area contributed by atoms with Gasteiger partial charge in [0.2, 0.25) is 0 Å². The van der Waals surface area contributed by atoms with Gasteiger partial charge in [-0.15, -0.1) is 0 Å². The smallest absolute Gasteiger partial charge is 0.132 e. The van der Waals surface area contributed by atoms with Crippen LogP contribution in [0.2, 0.25) is 5.15 Å². The zero-order chi connectivity index (χ0) is 15.4. The summed E-state index contributed by atoms with van der Waals surface area (Å²) in [4.78, 5) is 6.93. The average Bonchev–Trinajstić information content (AvgIpc) is 2.56. The van der Waals surface area contributed by atoms with E-state index < -0.39 is 0 Å². The van der Waals surface area contributed by atoms with E-state index in [2.05, 4.69) is 16.0 Å². The van der Waals surface area contributed by atoms with Gasteiger partial charge in [0.25, 0.3) is 0 Å². The highest BCUT2D eigenvalue weighted by Gasteiger charge is 2.11. The summed E-state index contributed by atoms with van der Waals surface area (Å²) in [6, 6.07) is 7.98. The summed E-state index contributed by atoms with van der Waals surface area (Å²) in [5.41, 5.74) is 2.01. The Kier molecular flexibility index (Phi) is 5.13. The summed E-state index contributed by atoms with van der Waals surface area (Å²) in [6.07, 6.45) is 2.02. The first-order valence-corrected chi connectivity index (χ1v) is 8.07. The molecule has 0 atom stereocenters. The minimum atomic E-state index is 0.611. The van der Waals surface area contributed by atoms with Gasteiger partial charge in [-0.25, -0.2) is 4.98 Å². The topological polar surface area (TPSA) is 34.6 Å². The van der Waals surface area contributed by atoms with E-state index in [0.717, 1.165) is 67.9 Å². The van der Waals surface area contributed by atoms with E-state index in [1.54, 1.807) is 7.11 Å². The molecule has 118 valence electrons. The molecule has 22 heavy (non-hydrogen) atoms. The molecule has 0 radical (unpaired) electrons. The molecule has 1 saturated heterocycles. The Morgan fingerprint density at radius 3 is 2.86 bits per heavy atom. The van der Waals surface area contributed by atoms with Crippen molar-refractivity contribution in [3.8, 4) is 5.75 Å². The highest BCUT2D eigenvalue weighted by molar-refractivity contribution is 6.30. The number of rotatable bonds is 5. The number of fused-ring (bicyclic) bond motifs is 1. The zero-order valence-electron chi connectivity index (χ0n) is 12.8. The third-order valence-electron chi connectivity index (χ3n) is 4.07. The molecule has 1 aliphatic heterocycles. The summed E-state index contributed by atoms with van der Waals surface area (Å²) in [5.74, 6) is 0.843. The van der Waals surface area contributed by atoms with Gasteiger partial charge < -0.3 is 9.47 Å². The molecule has 0 saturated carbocycles. The number of morpholine rings is 1.